The van der Waals surface area contributed by atoms with E-state index in [-0.39, 0.29) is 11.9 Å². The lowest BCUT2D eigenvalue weighted by Gasteiger charge is -2.36. The van der Waals surface area contributed by atoms with Crippen molar-refractivity contribution in [3.63, 3.8) is 0 Å². The third kappa shape index (κ3) is 5.50. The first kappa shape index (κ1) is 27.5. The molecule has 214 valence electrons. The van der Waals surface area contributed by atoms with E-state index in [4.69, 9.17) is 9.72 Å². The molecule has 2 saturated heterocycles. The van der Waals surface area contributed by atoms with Crippen LogP contribution in [0.5, 0.6) is 5.75 Å². The second-order valence-corrected chi connectivity index (χ2v) is 11.9. The molecule has 1 aromatic heterocycles. The molecule has 0 aliphatic carbocycles. The highest BCUT2D eigenvalue weighted by molar-refractivity contribution is 5.97. The summed E-state index contributed by atoms with van der Waals surface area (Å²) in [7, 11) is 1.69. The Morgan fingerprint density at radius 3 is 2.29 bits per heavy atom. The first-order valence-corrected chi connectivity index (χ1v) is 15.2. The molecular weight excluding hydrogens is 508 g/mol. The van der Waals surface area contributed by atoms with Crippen LogP contribution in [0.3, 0.4) is 0 Å². The number of hydrogen-bond donors (Lipinski definition) is 0. The largest absolute Gasteiger partial charge is 0.497 e. The van der Waals surface area contributed by atoms with E-state index in [9.17, 15) is 4.79 Å². The van der Waals surface area contributed by atoms with Gasteiger partial charge >= 0.3 is 0 Å². The first-order chi connectivity index (χ1) is 19.9. The van der Waals surface area contributed by atoms with Gasteiger partial charge in [-0.2, -0.15) is 0 Å². The van der Waals surface area contributed by atoms with Crippen LogP contribution in [0.25, 0.3) is 16.7 Å². The summed E-state index contributed by atoms with van der Waals surface area (Å²) in [5.74, 6) is 1.88. The van der Waals surface area contributed by atoms with E-state index >= 15 is 0 Å². The lowest BCUT2D eigenvalue weighted by Crippen LogP contribution is -2.40. The Morgan fingerprint density at radius 2 is 1.59 bits per heavy atom. The van der Waals surface area contributed by atoms with Gasteiger partial charge in [0, 0.05) is 24.3 Å². The van der Waals surface area contributed by atoms with Gasteiger partial charge in [-0.15, -0.1) is 0 Å². The highest BCUT2D eigenvalue weighted by Gasteiger charge is 2.34. The summed E-state index contributed by atoms with van der Waals surface area (Å²) >= 11 is 0. The van der Waals surface area contributed by atoms with Crippen molar-refractivity contribution in [3.05, 3.63) is 88.2 Å². The van der Waals surface area contributed by atoms with Crippen LogP contribution in [-0.4, -0.2) is 52.0 Å². The Morgan fingerprint density at radius 1 is 0.878 bits per heavy atom. The molecule has 2 aliphatic heterocycles. The number of aromatic nitrogens is 2. The molecule has 41 heavy (non-hydrogen) atoms. The lowest BCUT2D eigenvalue weighted by molar-refractivity contribution is 0.0597. The van der Waals surface area contributed by atoms with Crippen LogP contribution in [0.2, 0.25) is 0 Å². The maximum atomic E-state index is 14.2. The number of piperidine rings is 2. The van der Waals surface area contributed by atoms with Crippen molar-refractivity contribution in [1.82, 2.24) is 19.4 Å². The molecule has 4 aromatic rings. The number of hydrogen-bond acceptors (Lipinski definition) is 4. The third-order valence-electron chi connectivity index (χ3n) is 8.88. The number of carbonyl (C=O) groups excluding carboxylic acids is 1. The average molecular weight is 551 g/mol. The van der Waals surface area contributed by atoms with Crippen LogP contribution in [-0.2, 0) is 6.54 Å². The quantitative estimate of drug-likeness (QED) is 0.253. The Hall–Kier alpha value is -3.64. The lowest BCUT2D eigenvalue weighted by atomic mass is 9.95. The molecule has 3 aromatic carbocycles. The summed E-state index contributed by atoms with van der Waals surface area (Å²) in [6.45, 7) is 10.2. The fraction of sp³-hybridized carbons (Fsp3) is 0.429. The molecule has 1 unspecified atom stereocenters. The van der Waals surface area contributed by atoms with E-state index in [0.29, 0.717) is 0 Å². The number of carbonyl (C=O) groups is 1. The molecule has 0 bridgehead atoms. The number of likely N-dealkylation sites (tertiary alicyclic amines) is 2. The van der Waals surface area contributed by atoms with Crippen LogP contribution < -0.4 is 4.74 Å². The van der Waals surface area contributed by atoms with Crippen molar-refractivity contribution in [3.8, 4) is 11.4 Å². The normalized spacial score (nSPS) is 18.1. The van der Waals surface area contributed by atoms with Gasteiger partial charge in [0.15, 0.2) is 0 Å². The molecule has 6 nitrogen and oxygen atoms in total. The number of ether oxygens (including phenoxy) is 1. The van der Waals surface area contributed by atoms with Gasteiger partial charge in [-0.25, -0.2) is 4.98 Å². The van der Waals surface area contributed by atoms with E-state index in [1.54, 1.807) is 7.11 Å². The number of fused-ring (bicyclic) bond motifs is 1. The van der Waals surface area contributed by atoms with Gasteiger partial charge in [0.2, 0.25) is 0 Å². The van der Waals surface area contributed by atoms with E-state index in [1.165, 1.54) is 43.5 Å². The fourth-order valence-electron chi connectivity index (χ4n) is 6.95. The predicted octanol–water partition coefficient (Wildman–Crippen LogP) is 7.31. The molecule has 1 atom stereocenters. The Bertz CT molecular complexity index is 1530. The van der Waals surface area contributed by atoms with Crippen molar-refractivity contribution >= 4 is 16.9 Å². The van der Waals surface area contributed by atoms with Crippen LogP contribution in [0, 0.1) is 20.8 Å². The minimum absolute atomic E-state index is 0.101. The van der Waals surface area contributed by atoms with Gasteiger partial charge in [-0.1, -0.05) is 30.2 Å². The first-order valence-electron chi connectivity index (χ1n) is 15.2. The minimum atomic E-state index is -0.101. The Balaban J connectivity index is 1.44. The van der Waals surface area contributed by atoms with E-state index in [0.717, 1.165) is 77.3 Å². The molecule has 0 spiro atoms. The molecule has 6 rings (SSSR count). The number of methoxy groups -OCH3 is 1. The number of amides is 1. The maximum absolute atomic E-state index is 14.2. The molecule has 6 heteroatoms. The molecule has 0 saturated carbocycles. The monoisotopic (exact) mass is 550 g/mol. The summed E-state index contributed by atoms with van der Waals surface area (Å²) < 4.78 is 7.72. The van der Waals surface area contributed by atoms with Gasteiger partial charge in [0.05, 0.1) is 24.2 Å². The van der Waals surface area contributed by atoms with Crippen molar-refractivity contribution < 1.29 is 9.53 Å². The molecule has 3 heterocycles. The fourth-order valence-corrected chi connectivity index (χ4v) is 6.95. The zero-order chi connectivity index (χ0) is 28.5. The Kier molecular flexibility index (Phi) is 7.85. The predicted molar refractivity (Wildman–Crippen MR) is 165 cm³/mol. The molecule has 2 fully saturated rings. The summed E-state index contributed by atoms with van der Waals surface area (Å²) in [4.78, 5) is 24.2. The average Bonchev–Trinajstić information content (AvgIpc) is 3.36. The highest BCUT2D eigenvalue weighted by atomic mass is 16.5. The molecule has 1 amide bonds. The zero-order valence-corrected chi connectivity index (χ0v) is 24.9. The SMILES string of the molecule is COc1ccc(-n2c(C3CCCCN3C(=O)c3c(C)cc(C)cc3C)nc3cc(CN4CCCCC4)ccc32)cc1. The van der Waals surface area contributed by atoms with Gasteiger partial charge < -0.3 is 9.64 Å². The highest BCUT2D eigenvalue weighted by Crippen LogP contribution is 2.37. The van der Waals surface area contributed by atoms with Crippen molar-refractivity contribution in [1.29, 1.82) is 0 Å². The zero-order valence-electron chi connectivity index (χ0n) is 24.9. The van der Waals surface area contributed by atoms with E-state index in [1.807, 2.05) is 12.1 Å². The second-order valence-electron chi connectivity index (χ2n) is 11.9. The van der Waals surface area contributed by atoms with Crippen LogP contribution >= 0.6 is 0 Å². The number of imidazole rings is 1. The molecule has 2 aliphatic rings. The van der Waals surface area contributed by atoms with Gasteiger partial charge in [0.25, 0.3) is 5.91 Å². The van der Waals surface area contributed by atoms with Crippen molar-refractivity contribution in [2.45, 2.75) is 71.9 Å². The number of aryl methyl sites for hydroxylation is 3. The van der Waals surface area contributed by atoms with Crippen molar-refractivity contribution in [2.75, 3.05) is 26.7 Å². The minimum Gasteiger partial charge on any atom is -0.497 e. The van der Waals surface area contributed by atoms with E-state index < -0.39 is 0 Å². The van der Waals surface area contributed by atoms with Gasteiger partial charge in [0.1, 0.15) is 11.6 Å². The summed E-state index contributed by atoms with van der Waals surface area (Å²) in [5.41, 5.74) is 8.51. The van der Waals surface area contributed by atoms with Crippen LogP contribution in [0.15, 0.2) is 54.6 Å². The summed E-state index contributed by atoms with van der Waals surface area (Å²) in [5, 5.41) is 0. The molecule has 0 N–H and O–H groups in total. The second kappa shape index (κ2) is 11.7. The molecular formula is C35H42N4O2. The van der Waals surface area contributed by atoms with Crippen LogP contribution in [0.4, 0.5) is 0 Å². The van der Waals surface area contributed by atoms with E-state index in [2.05, 4.69) is 77.6 Å². The Labute approximate surface area is 243 Å². The van der Waals surface area contributed by atoms with Crippen LogP contribution in [0.1, 0.15) is 83.0 Å². The van der Waals surface area contributed by atoms with Crippen molar-refractivity contribution in [2.24, 2.45) is 0 Å². The van der Waals surface area contributed by atoms with Gasteiger partial charge in [-0.05, 0) is 119 Å². The summed E-state index contributed by atoms with van der Waals surface area (Å²) in [6.07, 6.45) is 6.88. The smallest absolute Gasteiger partial charge is 0.255 e. The summed E-state index contributed by atoms with van der Waals surface area (Å²) in [6, 6.07) is 19.1. The third-order valence-corrected chi connectivity index (χ3v) is 8.88. The standard InChI is InChI=1S/C35H42N4O2/c1-24-20-25(2)33(26(3)21-24)35(40)38-19-9-6-10-32(38)34-36-30-22-27(23-37-17-7-5-8-18-37)11-16-31(30)39(34)28-12-14-29(41-4)15-13-28/h11-16,20-22,32H,5-10,17-19,23H2,1-4H3. The number of rotatable bonds is 6. The molecule has 0 radical (unpaired) electrons. The van der Waals surface area contributed by atoms with Gasteiger partial charge in [-0.3, -0.25) is 14.3 Å². The number of benzene rings is 3. The topological polar surface area (TPSA) is 50.6 Å². The maximum Gasteiger partial charge on any atom is 0.255 e. The number of nitrogens with zero attached hydrogens (tertiary/aromatic N) is 4.